The summed E-state index contributed by atoms with van der Waals surface area (Å²) in [5.74, 6) is 0.606. The van der Waals surface area contributed by atoms with Crippen molar-refractivity contribution in [1.82, 2.24) is 0 Å². The van der Waals surface area contributed by atoms with Crippen molar-refractivity contribution < 1.29 is 8.81 Å². The van der Waals surface area contributed by atoms with Gasteiger partial charge in [0.25, 0.3) is 0 Å². The van der Waals surface area contributed by atoms with Gasteiger partial charge in [0.05, 0.1) is 11.0 Å². The van der Waals surface area contributed by atoms with Crippen LogP contribution in [-0.4, -0.2) is 0 Å². The molecule has 1 aromatic carbocycles. The zero-order valence-electron chi connectivity index (χ0n) is 9.06. The molecule has 0 saturated heterocycles. The highest BCUT2D eigenvalue weighted by Crippen LogP contribution is 2.24. The molecule has 0 fully saturated rings. The maximum Gasteiger partial charge on any atom is 0.164 e. The fourth-order valence-electron chi connectivity index (χ4n) is 1.47. The molecule has 2 nitrogen and oxygen atoms in total. The van der Waals surface area contributed by atoms with Gasteiger partial charge in [0.1, 0.15) is 11.6 Å². The molecule has 2 aromatic rings. The van der Waals surface area contributed by atoms with E-state index in [1.165, 1.54) is 6.07 Å². The molecule has 0 aliphatic rings. The van der Waals surface area contributed by atoms with E-state index in [4.69, 9.17) is 4.42 Å². The van der Waals surface area contributed by atoms with Gasteiger partial charge in [0, 0.05) is 5.69 Å². The van der Waals surface area contributed by atoms with E-state index in [0.29, 0.717) is 11.0 Å². The van der Waals surface area contributed by atoms with Gasteiger partial charge in [0.2, 0.25) is 0 Å². The van der Waals surface area contributed by atoms with Crippen molar-refractivity contribution >= 4 is 44.2 Å². The molecule has 0 radical (unpaired) electrons. The molecule has 0 unspecified atom stereocenters. The van der Waals surface area contributed by atoms with Gasteiger partial charge in [-0.3, -0.25) is 0 Å². The summed E-state index contributed by atoms with van der Waals surface area (Å²) in [5.41, 5.74) is 1.76. The first-order chi connectivity index (χ1) is 8.06. The minimum atomic E-state index is -0.249. The Morgan fingerprint density at radius 1 is 1.41 bits per heavy atom. The molecule has 0 saturated carbocycles. The predicted octanol–water partition coefficient (Wildman–Crippen LogP) is 4.71. The monoisotopic (exact) mass is 409 g/mol. The number of furan rings is 1. The number of hydrogen-bond acceptors (Lipinski definition) is 2. The van der Waals surface area contributed by atoms with Gasteiger partial charge in [-0.05, 0) is 75.3 Å². The zero-order chi connectivity index (χ0) is 12.4. The summed E-state index contributed by atoms with van der Waals surface area (Å²) in [6.07, 6.45) is 0. The van der Waals surface area contributed by atoms with E-state index in [9.17, 15) is 4.39 Å². The maximum absolute atomic E-state index is 13.2. The first kappa shape index (κ1) is 12.9. The molecule has 2 rings (SSSR count). The summed E-state index contributed by atoms with van der Waals surface area (Å²) in [4.78, 5) is 0. The molecule has 0 bridgehead atoms. The zero-order valence-corrected chi connectivity index (χ0v) is 12.8. The Morgan fingerprint density at radius 2 is 2.18 bits per heavy atom. The Morgan fingerprint density at radius 3 is 2.82 bits per heavy atom. The van der Waals surface area contributed by atoms with Gasteiger partial charge in [-0.25, -0.2) is 4.39 Å². The summed E-state index contributed by atoms with van der Waals surface area (Å²) in [7, 11) is 0. The van der Waals surface area contributed by atoms with Crippen LogP contribution in [-0.2, 0) is 6.54 Å². The third-order valence-corrected chi connectivity index (χ3v) is 3.54. The average molecular weight is 410 g/mol. The van der Waals surface area contributed by atoms with Crippen molar-refractivity contribution in [3.8, 4) is 0 Å². The number of hydrogen-bond donors (Lipinski definition) is 1. The summed E-state index contributed by atoms with van der Waals surface area (Å²) >= 11 is 5.29. The molecule has 5 heteroatoms. The van der Waals surface area contributed by atoms with Crippen LogP contribution in [0.1, 0.15) is 11.3 Å². The number of anilines is 1. The van der Waals surface area contributed by atoms with Crippen molar-refractivity contribution in [2.45, 2.75) is 13.5 Å². The van der Waals surface area contributed by atoms with Gasteiger partial charge in [-0.1, -0.05) is 0 Å². The van der Waals surface area contributed by atoms with Crippen LogP contribution in [0.4, 0.5) is 10.1 Å². The lowest BCUT2D eigenvalue weighted by molar-refractivity contribution is 0.493. The standard InChI is InChI=1S/C12H10BrFINO/c1-7-4-10(14)9(13)5-11(7)16-6-8-2-3-12(15)17-8/h2-5,16H,6H2,1H3. The van der Waals surface area contributed by atoms with E-state index in [1.807, 2.05) is 19.1 Å². The smallest absolute Gasteiger partial charge is 0.164 e. The third-order valence-electron chi connectivity index (χ3n) is 2.35. The molecular weight excluding hydrogens is 400 g/mol. The van der Waals surface area contributed by atoms with Gasteiger partial charge in [-0.15, -0.1) is 0 Å². The minimum Gasteiger partial charge on any atom is -0.454 e. The first-order valence-electron chi connectivity index (χ1n) is 5.00. The topological polar surface area (TPSA) is 25.2 Å². The third kappa shape index (κ3) is 3.22. The highest BCUT2D eigenvalue weighted by Gasteiger charge is 2.06. The maximum atomic E-state index is 13.2. The molecule has 0 spiro atoms. The molecule has 1 aromatic heterocycles. The lowest BCUT2D eigenvalue weighted by Crippen LogP contribution is -2.00. The second-order valence-electron chi connectivity index (χ2n) is 3.64. The predicted molar refractivity (Wildman–Crippen MR) is 77.6 cm³/mol. The van der Waals surface area contributed by atoms with Gasteiger partial charge in [-0.2, -0.15) is 0 Å². The van der Waals surface area contributed by atoms with Crippen LogP contribution in [0.25, 0.3) is 0 Å². The van der Waals surface area contributed by atoms with Crippen LogP contribution in [0.2, 0.25) is 0 Å². The number of halogens is 3. The van der Waals surface area contributed by atoms with Crippen LogP contribution in [0.3, 0.4) is 0 Å². The van der Waals surface area contributed by atoms with Crippen LogP contribution < -0.4 is 5.32 Å². The fraction of sp³-hybridized carbons (Fsp3) is 0.167. The lowest BCUT2D eigenvalue weighted by Gasteiger charge is -2.09. The van der Waals surface area contributed by atoms with E-state index in [0.717, 1.165) is 20.8 Å². The molecule has 90 valence electrons. The van der Waals surface area contributed by atoms with Crippen molar-refractivity contribution in [3.05, 3.63) is 49.6 Å². The first-order valence-corrected chi connectivity index (χ1v) is 6.87. The number of nitrogens with one attached hydrogen (secondary N) is 1. The SMILES string of the molecule is Cc1cc(F)c(Br)cc1NCc1ccc(I)o1. The van der Waals surface area contributed by atoms with Crippen LogP contribution >= 0.6 is 38.5 Å². The normalized spacial score (nSPS) is 10.6. The Labute approximate surface area is 121 Å². The molecule has 1 N–H and O–H groups in total. The van der Waals surface area contributed by atoms with Crippen LogP contribution in [0.5, 0.6) is 0 Å². The second kappa shape index (κ2) is 5.39. The van der Waals surface area contributed by atoms with Crippen molar-refractivity contribution in [2.24, 2.45) is 0 Å². The lowest BCUT2D eigenvalue weighted by atomic mass is 10.2. The average Bonchev–Trinajstić information content (AvgIpc) is 2.68. The highest BCUT2D eigenvalue weighted by molar-refractivity contribution is 14.1. The summed E-state index contributed by atoms with van der Waals surface area (Å²) in [6.45, 7) is 2.45. The molecule has 1 heterocycles. The fourth-order valence-corrected chi connectivity index (χ4v) is 2.27. The van der Waals surface area contributed by atoms with Gasteiger partial charge in [0.15, 0.2) is 3.77 Å². The molecule has 17 heavy (non-hydrogen) atoms. The second-order valence-corrected chi connectivity index (χ2v) is 5.56. The number of rotatable bonds is 3. The van der Waals surface area contributed by atoms with Gasteiger partial charge >= 0.3 is 0 Å². The van der Waals surface area contributed by atoms with Crippen LogP contribution in [0, 0.1) is 16.5 Å². The Bertz CT molecular complexity index is 541. The molecule has 0 aliphatic heterocycles. The van der Waals surface area contributed by atoms with Crippen molar-refractivity contribution in [3.63, 3.8) is 0 Å². The van der Waals surface area contributed by atoms with Gasteiger partial charge < -0.3 is 9.73 Å². The van der Waals surface area contributed by atoms with Crippen molar-refractivity contribution in [2.75, 3.05) is 5.32 Å². The summed E-state index contributed by atoms with van der Waals surface area (Å²) in [6, 6.07) is 7.06. The number of benzene rings is 1. The van der Waals surface area contributed by atoms with Crippen LogP contribution in [0.15, 0.2) is 33.2 Å². The highest BCUT2D eigenvalue weighted by atomic mass is 127. The Hall–Kier alpha value is -0.560. The number of aryl methyl sites for hydroxylation is 1. The van der Waals surface area contributed by atoms with E-state index in [2.05, 4.69) is 43.8 Å². The molecule has 0 amide bonds. The van der Waals surface area contributed by atoms with Crippen molar-refractivity contribution in [1.29, 1.82) is 0 Å². The summed E-state index contributed by atoms with van der Waals surface area (Å²) < 4.78 is 20.0. The summed E-state index contributed by atoms with van der Waals surface area (Å²) in [5, 5.41) is 3.22. The van der Waals surface area contributed by atoms with E-state index < -0.39 is 0 Å². The van der Waals surface area contributed by atoms with E-state index >= 15 is 0 Å². The van der Waals surface area contributed by atoms with E-state index in [-0.39, 0.29) is 5.82 Å². The van der Waals surface area contributed by atoms with E-state index in [1.54, 1.807) is 6.07 Å². The molecule has 0 atom stereocenters. The largest absolute Gasteiger partial charge is 0.454 e. The minimum absolute atomic E-state index is 0.249. The molecular formula is C12H10BrFINO. The Kier molecular flexibility index (Phi) is 4.09. The molecule has 0 aliphatic carbocycles. The Balaban J connectivity index is 2.11. The quantitative estimate of drug-likeness (QED) is 0.743.